The minimum Gasteiger partial charge on any atom is -0.342 e. The van der Waals surface area contributed by atoms with Crippen LogP contribution in [0.1, 0.15) is 11.4 Å². The molecule has 0 saturated heterocycles. The zero-order valence-electron chi connectivity index (χ0n) is 14.0. The van der Waals surface area contributed by atoms with Gasteiger partial charge in [-0.05, 0) is 42.0 Å². The first-order chi connectivity index (χ1) is 12.8. The van der Waals surface area contributed by atoms with E-state index in [1.54, 1.807) is 0 Å². The molecule has 4 aromatic rings. The molecule has 0 amide bonds. The lowest BCUT2D eigenvalue weighted by Gasteiger charge is -2.07. The maximum atomic E-state index is 6.17. The highest BCUT2D eigenvalue weighted by molar-refractivity contribution is 6.31. The van der Waals surface area contributed by atoms with E-state index in [-0.39, 0.29) is 0 Å². The molecule has 0 spiro atoms. The Morgan fingerprint density at radius 2 is 1.77 bits per heavy atom. The number of halogens is 1. The van der Waals surface area contributed by atoms with Gasteiger partial charge in [-0.1, -0.05) is 54.1 Å². The zero-order chi connectivity index (χ0) is 17.8. The van der Waals surface area contributed by atoms with Crippen molar-refractivity contribution in [2.24, 2.45) is 5.10 Å². The Labute approximate surface area is 156 Å². The Morgan fingerprint density at radius 3 is 2.58 bits per heavy atom. The molecular weight excluding hydrogens is 344 g/mol. The quantitative estimate of drug-likeness (QED) is 0.376. The van der Waals surface area contributed by atoms with Crippen molar-refractivity contribution in [1.29, 1.82) is 0 Å². The Balaban J connectivity index is 1.67. The lowest BCUT2D eigenvalue weighted by molar-refractivity contribution is 1.09. The number of fused-ring (bicyclic) bond motifs is 1. The standard InChI is InChI=1S/C21H17ClN4/c22-16-8-6-7-15(13-16)20(26-25-17-9-2-1-3-10-17)14-21-23-18-11-4-5-12-19(18)24-21/h1-13,25H,14H2,(H,23,24). The number of H-pyrrole nitrogens is 1. The Bertz CT molecular complexity index is 1020. The molecule has 26 heavy (non-hydrogen) atoms. The third-order valence-electron chi connectivity index (χ3n) is 4.02. The van der Waals surface area contributed by atoms with Gasteiger partial charge in [0.05, 0.1) is 28.9 Å². The summed E-state index contributed by atoms with van der Waals surface area (Å²) in [5.74, 6) is 0.861. The lowest BCUT2D eigenvalue weighted by Crippen LogP contribution is -2.09. The molecule has 0 aliphatic heterocycles. The summed E-state index contributed by atoms with van der Waals surface area (Å²) in [6.45, 7) is 0. The van der Waals surface area contributed by atoms with Crippen LogP contribution in [0.4, 0.5) is 5.69 Å². The van der Waals surface area contributed by atoms with E-state index in [0.29, 0.717) is 11.4 Å². The van der Waals surface area contributed by atoms with Crippen LogP contribution in [0.15, 0.2) is 84.0 Å². The van der Waals surface area contributed by atoms with Gasteiger partial charge >= 0.3 is 0 Å². The minimum absolute atomic E-state index is 0.564. The molecule has 0 bridgehead atoms. The molecule has 5 heteroatoms. The van der Waals surface area contributed by atoms with Crippen LogP contribution in [0.3, 0.4) is 0 Å². The van der Waals surface area contributed by atoms with Crippen LogP contribution in [0.25, 0.3) is 11.0 Å². The van der Waals surface area contributed by atoms with E-state index < -0.39 is 0 Å². The normalized spacial score (nSPS) is 11.7. The van der Waals surface area contributed by atoms with Gasteiger partial charge in [-0.15, -0.1) is 0 Å². The highest BCUT2D eigenvalue weighted by Gasteiger charge is 2.10. The Morgan fingerprint density at radius 1 is 0.962 bits per heavy atom. The fourth-order valence-corrected chi connectivity index (χ4v) is 2.96. The number of para-hydroxylation sites is 3. The highest BCUT2D eigenvalue weighted by Crippen LogP contribution is 2.16. The molecule has 4 nitrogen and oxygen atoms in total. The van der Waals surface area contributed by atoms with Gasteiger partial charge < -0.3 is 4.98 Å². The summed E-state index contributed by atoms with van der Waals surface area (Å²) in [7, 11) is 0. The van der Waals surface area contributed by atoms with Gasteiger partial charge in [0.25, 0.3) is 0 Å². The summed E-state index contributed by atoms with van der Waals surface area (Å²) in [6, 6.07) is 25.5. The number of aromatic nitrogens is 2. The maximum absolute atomic E-state index is 6.17. The van der Waals surface area contributed by atoms with Gasteiger partial charge in [0.15, 0.2) is 0 Å². The van der Waals surface area contributed by atoms with Gasteiger partial charge in [-0.2, -0.15) is 5.10 Å². The summed E-state index contributed by atoms with van der Waals surface area (Å²) in [4.78, 5) is 8.01. The van der Waals surface area contributed by atoms with Crippen LogP contribution in [-0.4, -0.2) is 15.7 Å². The predicted octanol–water partition coefficient (Wildman–Crippen LogP) is 5.28. The minimum atomic E-state index is 0.564. The average molecular weight is 361 g/mol. The number of benzene rings is 3. The average Bonchev–Trinajstić information content (AvgIpc) is 3.08. The molecule has 1 heterocycles. The van der Waals surface area contributed by atoms with E-state index in [4.69, 9.17) is 11.6 Å². The largest absolute Gasteiger partial charge is 0.342 e. The summed E-state index contributed by atoms with van der Waals surface area (Å²) < 4.78 is 0. The van der Waals surface area contributed by atoms with Crippen molar-refractivity contribution >= 4 is 34.0 Å². The molecule has 0 unspecified atom stereocenters. The first-order valence-electron chi connectivity index (χ1n) is 8.35. The number of aromatic amines is 1. The molecule has 4 rings (SSSR count). The van der Waals surface area contributed by atoms with E-state index in [9.17, 15) is 0 Å². The topological polar surface area (TPSA) is 53.1 Å². The summed E-state index contributed by atoms with van der Waals surface area (Å²) in [5, 5.41) is 5.30. The summed E-state index contributed by atoms with van der Waals surface area (Å²) >= 11 is 6.17. The number of hydrogen-bond donors (Lipinski definition) is 2. The number of hydrogen-bond acceptors (Lipinski definition) is 3. The number of imidazole rings is 1. The van der Waals surface area contributed by atoms with Gasteiger partial charge in [0.1, 0.15) is 5.82 Å². The van der Waals surface area contributed by atoms with E-state index in [1.165, 1.54) is 0 Å². The number of nitrogens with one attached hydrogen (secondary N) is 2. The van der Waals surface area contributed by atoms with Gasteiger partial charge in [-0.3, -0.25) is 5.43 Å². The van der Waals surface area contributed by atoms with Crippen molar-refractivity contribution in [3.63, 3.8) is 0 Å². The van der Waals surface area contributed by atoms with Gasteiger partial charge in [-0.25, -0.2) is 4.98 Å². The second-order valence-corrected chi connectivity index (χ2v) is 6.36. The molecule has 0 saturated carbocycles. The number of anilines is 1. The zero-order valence-corrected chi connectivity index (χ0v) is 14.7. The smallest absolute Gasteiger partial charge is 0.113 e. The lowest BCUT2D eigenvalue weighted by atomic mass is 10.1. The van der Waals surface area contributed by atoms with Gasteiger partial charge in [0.2, 0.25) is 0 Å². The molecule has 0 atom stereocenters. The third-order valence-corrected chi connectivity index (χ3v) is 4.26. The highest BCUT2D eigenvalue weighted by atomic mass is 35.5. The first-order valence-corrected chi connectivity index (χ1v) is 8.73. The maximum Gasteiger partial charge on any atom is 0.113 e. The van der Waals surface area contributed by atoms with E-state index in [0.717, 1.165) is 33.8 Å². The van der Waals surface area contributed by atoms with Crippen molar-refractivity contribution in [3.8, 4) is 0 Å². The molecule has 1 aromatic heterocycles. The van der Waals surface area contributed by atoms with Crippen LogP contribution < -0.4 is 5.43 Å². The van der Waals surface area contributed by atoms with Crippen molar-refractivity contribution < 1.29 is 0 Å². The first kappa shape index (κ1) is 16.4. The fraction of sp³-hybridized carbons (Fsp3) is 0.0476. The Kier molecular flexibility index (Phi) is 4.67. The van der Waals surface area contributed by atoms with Crippen molar-refractivity contribution in [2.45, 2.75) is 6.42 Å². The van der Waals surface area contributed by atoms with Crippen LogP contribution in [-0.2, 0) is 6.42 Å². The van der Waals surface area contributed by atoms with E-state index in [1.807, 2.05) is 78.9 Å². The summed E-state index contributed by atoms with van der Waals surface area (Å²) in [6.07, 6.45) is 0.564. The molecule has 0 aliphatic carbocycles. The number of rotatable bonds is 5. The number of hydrazone groups is 1. The molecular formula is C21H17ClN4. The monoisotopic (exact) mass is 360 g/mol. The van der Waals surface area contributed by atoms with Crippen molar-refractivity contribution in [3.05, 3.63) is 95.3 Å². The molecule has 0 radical (unpaired) electrons. The van der Waals surface area contributed by atoms with Crippen LogP contribution >= 0.6 is 11.6 Å². The fourth-order valence-electron chi connectivity index (χ4n) is 2.77. The van der Waals surface area contributed by atoms with E-state index >= 15 is 0 Å². The van der Waals surface area contributed by atoms with Crippen LogP contribution in [0, 0.1) is 0 Å². The second-order valence-electron chi connectivity index (χ2n) is 5.92. The van der Waals surface area contributed by atoms with E-state index in [2.05, 4.69) is 20.5 Å². The van der Waals surface area contributed by atoms with Crippen molar-refractivity contribution in [1.82, 2.24) is 9.97 Å². The Hall–Kier alpha value is -3.11. The molecule has 0 aliphatic rings. The molecule has 0 fully saturated rings. The van der Waals surface area contributed by atoms with Gasteiger partial charge in [0, 0.05) is 5.02 Å². The predicted molar refractivity (Wildman–Crippen MR) is 108 cm³/mol. The number of nitrogens with zero attached hydrogens (tertiary/aromatic N) is 2. The van der Waals surface area contributed by atoms with Crippen molar-refractivity contribution in [2.75, 3.05) is 5.43 Å². The molecule has 128 valence electrons. The van der Waals surface area contributed by atoms with Crippen LogP contribution in [0.2, 0.25) is 5.02 Å². The second kappa shape index (κ2) is 7.42. The molecule has 2 N–H and O–H groups in total. The van der Waals surface area contributed by atoms with Crippen LogP contribution in [0.5, 0.6) is 0 Å². The molecule has 3 aromatic carbocycles. The third kappa shape index (κ3) is 3.76. The summed E-state index contributed by atoms with van der Waals surface area (Å²) in [5.41, 5.74) is 7.83. The SMILES string of the molecule is Clc1cccc(C(Cc2nc3ccccc3[nH]2)=NNc2ccccc2)c1.